The summed E-state index contributed by atoms with van der Waals surface area (Å²) in [5.41, 5.74) is 6.24. The Bertz CT molecular complexity index is 662. The molecule has 0 fully saturated rings. The summed E-state index contributed by atoms with van der Waals surface area (Å²) in [7, 11) is 0. The van der Waals surface area contributed by atoms with Crippen molar-refractivity contribution < 1.29 is 4.92 Å². The van der Waals surface area contributed by atoms with E-state index in [4.69, 9.17) is 5.73 Å². The van der Waals surface area contributed by atoms with Gasteiger partial charge in [0.1, 0.15) is 17.9 Å². The standard InChI is InChI=1S/C12H11N5O2S/c1-20-12-15-10(8(6-13)11(14)16-12)7-4-2-3-5-9(7)17(18)19/h2-5,10H,14H2,1H3,(H,15,16). The summed E-state index contributed by atoms with van der Waals surface area (Å²) < 4.78 is 0. The van der Waals surface area contributed by atoms with Crippen molar-refractivity contribution in [1.82, 2.24) is 5.32 Å². The van der Waals surface area contributed by atoms with Crippen LogP contribution in [-0.2, 0) is 0 Å². The maximum absolute atomic E-state index is 11.1. The summed E-state index contributed by atoms with van der Waals surface area (Å²) in [6, 6.07) is 7.42. The van der Waals surface area contributed by atoms with E-state index in [-0.39, 0.29) is 17.1 Å². The molecule has 1 aromatic rings. The molecular formula is C12H11N5O2S. The highest BCUT2D eigenvalue weighted by molar-refractivity contribution is 8.13. The number of thioether (sulfide) groups is 1. The van der Waals surface area contributed by atoms with Gasteiger partial charge in [0.15, 0.2) is 5.17 Å². The van der Waals surface area contributed by atoms with Crippen LogP contribution in [0.2, 0.25) is 0 Å². The van der Waals surface area contributed by atoms with Gasteiger partial charge in [-0.3, -0.25) is 10.1 Å². The molecule has 0 amide bonds. The lowest BCUT2D eigenvalue weighted by atomic mass is 9.97. The summed E-state index contributed by atoms with van der Waals surface area (Å²) in [6.07, 6.45) is 1.80. The number of para-hydroxylation sites is 1. The monoisotopic (exact) mass is 289 g/mol. The number of hydrogen-bond donors (Lipinski definition) is 2. The molecule has 1 atom stereocenters. The van der Waals surface area contributed by atoms with Crippen molar-refractivity contribution in [2.45, 2.75) is 6.04 Å². The zero-order chi connectivity index (χ0) is 14.7. The molecule has 1 aromatic carbocycles. The molecule has 1 aliphatic rings. The number of benzene rings is 1. The molecule has 0 saturated heterocycles. The molecule has 3 N–H and O–H groups in total. The molecule has 20 heavy (non-hydrogen) atoms. The van der Waals surface area contributed by atoms with Gasteiger partial charge < -0.3 is 11.1 Å². The zero-order valence-electron chi connectivity index (χ0n) is 10.5. The second-order valence-corrected chi connectivity index (χ2v) is 4.72. The van der Waals surface area contributed by atoms with Gasteiger partial charge in [0, 0.05) is 6.07 Å². The van der Waals surface area contributed by atoms with Crippen molar-refractivity contribution in [1.29, 1.82) is 5.26 Å². The first-order chi connectivity index (χ1) is 9.58. The van der Waals surface area contributed by atoms with Crippen molar-refractivity contribution in [2.24, 2.45) is 10.7 Å². The van der Waals surface area contributed by atoms with Crippen LogP contribution >= 0.6 is 11.8 Å². The maximum atomic E-state index is 11.1. The zero-order valence-corrected chi connectivity index (χ0v) is 11.3. The van der Waals surface area contributed by atoms with Crippen LogP contribution in [0.3, 0.4) is 0 Å². The van der Waals surface area contributed by atoms with E-state index in [0.29, 0.717) is 10.7 Å². The van der Waals surface area contributed by atoms with Gasteiger partial charge in [-0.1, -0.05) is 23.9 Å². The van der Waals surface area contributed by atoms with E-state index in [0.717, 1.165) is 0 Å². The number of nitro groups is 1. The number of nitrogens with one attached hydrogen (secondary N) is 1. The first kappa shape index (κ1) is 13.9. The highest BCUT2D eigenvalue weighted by atomic mass is 32.2. The predicted molar refractivity (Wildman–Crippen MR) is 76.7 cm³/mol. The molecule has 1 heterocycles. The molecule has 0 radical (unpaired) electrons. The molecule has 0 aliphatic carbocycles. The summed E-state index contributed by atoms with van der Waals surface area (Å²) in [4.78, 5) is 14.9. The normalized spacial score (nSPS) is 18.0. The van der Waals surface area contributed by atoms with E-state index in [1.807, 2.05) is 6.07 Å². The minimum atomic E-state index is -0.759. The Labute approximate surface area is 119 Å². The molecule has 0 spiro atoms. The lowest BCUT2D eigenvalue weighted by molar-refractivity contribution is -0.385. The van der Waals surface area contributed by atoms with Gasteiger partial charge in [0.2, 0.25) is 0 Å². The first-order valence-corrected chi connectivity index (χ1v) is 6.82. The molecular weight excluding hydrogens is 278 g/mol. The average molecular weight is 289 g/mol. The van der Waals surface area contributed by atoms with Crippen molar-refractivity contribution in [2.75, 3.05) is 6.26 Å². The molecule has 0 aromatic heterocycles. The summed E-state index contributed by atoms with van der Waals surface area (Å²) in [5.74, 6) is 0.176. The van der Waals surface area contributed by atoms with Crippen LogP contribution in [0.15, 0.2) is 40.7 Å². The van der Waals surface area contributed by atoms with Gasteiger partial charge in [0.05, 0.1) is 16.1 Å². The topological polar surface area (TPSA) is 117 Å². The number of nitrogens with two attached hydrogens (primary N) is 1. The van der Waals surface area contributed by atoms with E-state index in [1.54, 1.807) is 24.5 Å². The molecule has 7 nitrogen and oxygen atoms in total. The number of aliphatic imine (C=N–C) groups is 1. The van der Waals surface area contributed by atoms with Crippen LogP contribution in [0.5, 0.6) is 0 Å². The molecule has 2 rings (SSSR count). The average Bonchev–Trinajstić information content (AvgIpc) is 2.46. The highest BCUT2D eigenvalue weighted by Crippen LogP contribution is 2.35. The van der Waals surface area contributed by atoms with Gasteiger partial charge in [0.25, 0.3) is 5.69 Å². The third-order valence-electron chi connectivity index (χ3n) is 2.79. The predicted octanol–water partition coefficient (Wildman–Crippen LogP) is 1.65. The Morgan fingerprint density at radius 3 is 2.85 bits per heavy atom. The third kappa shape index (κ3) is 2.44. The molecule has 1 aliphatic heterocycles. The fourth-order valence-corrected chi connectivity index (χ4v) is 2.30. The smallest absolute Gasteiger partial charge is 0.275 e. The first-order valence-electron chi connectivity index (χ1n) is 5.60. The minimum absolute atomic E-state index is 0.0795. The Kier molecular flexibility index (Phi) is 3.91. The van der Waals surface area contributed by atoms with Crippen LogP contribution in [0.25, 0.3) is 0 Å². The number of rotatable bonds is 2. The van der Waals surface area contributed by atoms with Gasteiger partial charge in [-0.05, 0) is 12.3 Å². The summed E-state index contributed by atoms with van der Waals surface area (Å²) in [6.45, 7) is 0. The van der Waals surface area contributed by atoms with E-state index in [2.05, 4.69) is 10.3 Å². The number of hydrogen-bond acceptors (Lipinski definition) is 7. The molecule has 1 unspecified atom stereocenters. The Morgan fingerprint density at radius 1 is 1.55 bits per heavy atom. The van der Waals surface area contributed by atoms with Crippen molar-refractivity contribution >= 4 is 22.6 Å². The number of nitro benzene ring substituents is 1. The van der Waals surface area contributed by atoms with E-state index >= 15 is 0 Å². The van der Waals surface area contributed by atoms with Crippen molar-refractivity contribution in [3.8, 4) is 6.07 Å². The minimum Gasteiger partial charge on any atom is -0.384 e. The van der Waals surface area contributed by atoms with Crippen LogP contribution in [0, 0.1) is 21.4 Å². The van der Waals surface area contributed by atoms with Gasteiger partial charge in [-0.15, -0.1) is 0 Å². The number of nitriles is 1. The Balaban J connectivity index is 2.60. The van der Waals surface area contributed by atoms with E-state index < -0.39 is 11.0 Å². The molecule has 102 valence electrons. The second-order valence-electron chi connectivity index (χ2n) is 3.92. The fourth-order valence-electron chi connectivity index (χ4n) is 1.88. The van der Waals surface area contributed by atoms with E-state index in [1.165, 1.54) is 17.8 Å². The summed E-state index contributed by atoms with van der Waals surface area (Å²) in [5, 5.41) is 23.6. The lowest BCUT2D eigenvalue weighted by Gasteiger charge is -2.22. The van der Waals surface area contributed by atoms with Crippen molar-refractivity contribution in [3.63, 3.8) is 0 Å². The van der Waals surface area contributed by atoms with Gasteiger partial charge in [-0.25, -0.2) is 4.99 Å². The van der Waals surface area contributed by atoms with Crippen LogP contribution in [0.1, 0.15) is 11.6 Å². The quantitative estimate of drug-likeness (QED) is 0.631. The number of nitrogens with zero attached hydrogens (tertiary/aromatic N) is 3. The van der Waals surface area contributed by atoms with Gasteiger partial charge >= 0.3 is 0 Å². The van der Waals surface area contributed by atoms with Crippen molar-refractivity contribution in [3.05, 3.63) is 51.3 Å². The summed E-state index contributed by atoms with van der Waals surface area (Å²) >= 11 is 1.32. The Hall–Kier alpha value is -2.53. The fraction of sp³-hybridized carbons (Fsp3) is 0.167. The molecule has 0 bridgehead atoms. The molecule has 8 heteroatoms. The molecule has 0 saturated carbocycles. The van der Waals surface area contributed by atoms with Crippen LogP contribution < -0.4 is 11.1 Å². The SMILES string of the molecule is CSC1=NC(c2ccccc2[N+](=O)[O-])C(C#N)=C(N)N1. The highest BCUT2D eigenvalue weighted by Gasteiger charge is 2.29. The number of amidine groups is 1. The largest absolute Gasteiger partial charge is 0.384 e. The third-order valence-corrected chi connectivity index (χ3v) is 3.39. The second kappa shape index (κ2) is 5.63. The van der Waals surface area contributed by atoms with Crippen LogP contribution in [-0.4, -0.2) is 16.3 Å². The van der Waals surface area contributed by atoms with Gasteiger partial charge in [-0.2, -0.15) is 5.26 Å². The Morgan fingerprint density at radius 2 is 2.25 bits per heavy atom. The van der Waals surface area contributed by atoms with Crippen LogP contribution in [0.4, 0.5) is 5.69 Å². The lowest BCUT2D eigenvalue weighted by Crippen LogP contribution is -2.32. The van der Waals surface area contributed by atoms with E-state index in [9.17, 15) is 15.4 Å². The maximum Gasteiger partial charge on any atom is 0.275 e.